The molecule has 0 atom stereocenters. The van der Waals surface area contributed by atoms with E-state index in [2.05, 4.69) is 34.1 Å². The van der Waals surface area contributed by atoms with Crippen LogP contribution in [0.3, 0.4) is 0 Å². The Labute approximate surface area is 183 Å². The van der Waals surface area contributed by atoms with Crippen molar-refractivity contribution in [3.05, 3.63) is 82.2 Å². The molecule has 0 aliphatic rings. The number of anilines is 1. The van der Waals surface area contributed by atoms with E-state index >= 15 is 0 Å². The topological polar surface area (TPSA) is 94.2 Å². The molecule has 1 aromatic heterocycles. The highest BCUT2D eigenvalue weighted by molar-refractivity contribution is 7.89. The number of aryl methyl sites for hydroxylation is 3. The number of carbonyl (C=O) groups excluding carboxylic acids is 1. The zero-order valence-corrected chi connectivity index (χ0v) is 19.2. The number of sulfonamides is 1. The maximum Gasteiger partial charge on any atom is 0.248 e. The van der Waals surface area contributed by atoms with E-state index in [1.165, 1.54) is 23.8 Å². The van der Waals surface area contributed by atoms with Crippen molar-refractivity contribution in [2.75, 3.05) is 5.32 Å². The Kier molecular flexibility index (Phi) is 6.20. The smallest absolute Gasteiger partial charge is 0.248 e. The largest absolute Gasteiger partial charge is 0.322 e. The standard InChI is InChI=1S/C24H27N3O3S/c1-15-6-9-21(10-7-15)27-17(3)13-20(19(27)5)8-11-24(28)26-23-14-22(31(25,29)30)12-16(2)18(23)4/h6-14H,1-5H3,(H,26,28)(H2,25,29,30)/b11-8+. The van der Waals surface area contributed by atoms with Gasteiger partial charge in [-0.1, -0.05) is 17.7 Å². The van der Waals surface area contributed by atoms with Crippen molar-refractivity contribution in [1.82, 2.24) is 4.57 Å². The van der Waals surface area contributed by atoms with E-state index in [9.17, 15) is 13.2 Å². The Bertz CT molecular complexity index is 1280. The summed E-state index contributed by atoms with van der Waals surface area (Å²) in [4.78, 5) is 12.5. The highest BCUT2D eigenvalue weighted by Gasteiger charge is 2.14. The molecule has 3 rings (SSSR count). The fraction of sp³-hybridized carbons (Fsp3) is 0.208. The second-order valence-electron chi connectivity index (χ2n) is 7.78. The molecule has 162 valence electrons. The number of carbonyl (C=O) groups is 1. The molecule has 3 N–H and O–H groups in total. The predicted molar refractivity (Wildman–Crippen MR) is 125 cm³/mol. The number of benzene rings is 2. The van der Waals surface area contributed by atoms with Gasteiger partial charge in [-0.15, -0.1) is 0 Å². The van der Waals surface area contributed by atoms with E-state index in [1.54, 1.807) is 13.0 Å². The molecule has 0 bridgehead atoms. The molecule has 0 fully saturated rings. The van der Waals surface area contributed by atoms with Crippen molar-refractivity contribution in [2.45, 2.75) is 39.5 Å². The predicted octanol–water partition coefficient (Wildman–Crippen LogP) is 4.32. The number of primary sulfonamides is 1. The molecule has 7 heteroatoms. The van der Waals surface area contributed by atoms with Crippen molar-refractivity contribution in [1.29, 1.82) is 0 Å². The highest BCUT2D eigenvalue weighted by atomic mass is 32.2. The number of rotatable bonds is 5. The molecular weight excluding hydrogens is 410 g/mol. The lowest BCUT2D eigenvalue weighted by Gasteiger charge is -2.11. The van der Waals surface area contributed by atoms with Gasteiger partial charge < -0.3 is 9.88 Å². The van der Waals surface area contributed by atoms with Crippen LogP contribution >= 0.6 is 0 Å². The van der Waals surface area contributed by atoms with Crippen molar-refractivity contribution in [3.63, 3.8) is 0 Å². The van der Waals surface area contributed by atoms with E-state index in [1.807, 2.05) is 33.8 Å². The van der Waals surface area contributed by atoms with E-state index in [0.717, 1.165) is 33.8 Å². The zero-order valence-electron chi connectivity index (χ0n) is 18.4. The Balaban J connectivity index is 1.85. The van der Waals surface area contributed by atoms with Gasteiger partial charge in [-0.2, -0.15) is 0 Å². The molecule has 0 aliphatic carbocycles. The van der Waals surface area contributed by atoms with Gasteiger partial charge in [0.25, 0.3) is 0 Å². The van der Waals surface area contributed by atoms with E-state index in [4.69, 9.17) is 5.14 Å². The maximum absolute atomic E-state index is 12.5. The third-order valence-electron chi connectivity index (χ3n) is 5.40. The number of nitrogens with zero attached hydrogens (tertiary/aromatic N) is 1. The summed E-state index contributed by atoms with van der Waals surface area (Å²) in [7, 11) is -3.86. The van der Waals surface area contributed by atoms with E-state index in [0.29, 0.717) is 5.69 Å². The summed E-state index contributed by atoms with van der Waals surface area (Å²) < 4.78 is 25.5. The Morgan fingerprint density at radius 1 is 1.00 bits per heavy atom. The van der Waals surface area contributed by atoms with Crippen LogP contribution in [0.15, 0.2) is 53.4 Å². The van der Waals surface area contributed by atoms with Crippen LogP contribution in [0.4, 0.5) is 5.69 Å². The van der Waals surface area contributed by atoms with Crippen LogP contribution in [0.1, 0.15) is 33.6 Å². The second kappa shape index (κ2) is 8.53. The summed E-state index contributed by atoms with van der Waals surface area (Å²) in [5.74, 6) is -0.353. The normalized spacial score (nSPS) is 11.8. The Hall–Kier alpha value is -3.16. The third kappa shape index (κ3) is 4.95. The van der Waals surface area contributed by atoms with Crippen LogP contribution in [-0.2, 0) is 14.8 Å². The van der Waals surface area contributed by atoms with Crippen LogP contribution in [0.5, 0.6) is 0 Å². The van der Waals surface area contributed by atoms with Crippen LogP contribution in [-0.4, -0.2) is 18.9 Å². The molecule has 3 aromatic rings. The van der Waals surface area contributed by atoms with Gasteiger partial charge in [-0.05, 0) is 87.7 Å². The number of hydrogen-bond acceptors (Lipinski definition) is 3. The first-order chi connectivity index (χ1) is 14.5. The first-order valence-electron chi connectivity index (χ1n) is 9.86. The quantitative estimate of drug-likeness (QED) is 0.582. The summed E-state index contributed by atoms with van der Waals surface area (Å²) in [6, 6.07) is 13.2. The fourth-order valence-electron chi connectivity index (χ4n) is 3.51. The average molecular weight is 438 g/mol. The van der Waals surface area contributed by atoms with Gasteiger partial charge in [0.05, 0.1) is 4.90 Å². The monoisotopic (exact) mass is 437 g/mol. The number of nitrogens with two attached hydrogens (primary N) is 1. The molecule has 0 radical (unpaired) electrons. The number of amides is 1. The van der Waals surface area contributed by atoms with Crippen molar-refractivity contribution in [2.24, 2.45) is 5.14 Å². The minimum Gasteiger partial charge on any atom is -0.322 e. The minimum atomic E-state index is -3.86. The molecule has 0 saturated carbocycles. The molecule has 6 nitrogen and oxygen atoms in total. The molecule has 0 saturated heterocycles. The number of nitrogens with one attached hydrogen (secondary N) is 1. The lowest BCUT2D eigenvalue weighted by molar-refractivity contribution is -0.111. The van der Waals surface area contributed by atoms with Gasteiger partial charge in [0.2, 0.25) is 15.9 Å². The second-order valence-corrected chi connectivity index (χ2v) is 9.34. The summed E-state index contributed by atoms with van der Waals surface area (Å²) in [6.07, 6.45) is 3.20. The highest BCUT2D eigenvalue weighted by Crippen LogP contribution is 2.24. The van der Waals surface area contributed by atoms with Crippen LogP contribution < -0.4 is 10.5 Å². The van der Waals surface area contributed by atoms with Crippen molar-refractivity contribution in [3.8, 4) is 5.69 Å². The first kappa shape index (κ1) is 22.5. The van der Waals surface area contributed by atoms with Gasteiger partial charge >= 0.3 is 0 Å². The minimum absolute atomic E-state index is 0.0310. The Morgan fingerprint density at radius 2 is 1.65 bits per heavy atom. The van der Waals surface area contributed by atoms with Crippen molar-refractivity contribution >= 4 is 27.7 Å². The molecule has 0 unspecified atom stereocenters. The zero-order chi connectivity index (χ0) is 22.9. The molecule has 0 aliphatic heterocycles. The van der Waals surface area contributed by atoms with Gasteiger partial charge in [0.1, 0.15) is 0 Å². The SMILES string of the molecule is Cc1ccc(-n2c(C)cc(/C=C/C(=O)Nc3cc(S(N)(=O)=O)cc(C)c3C)c2C)cc1. The summed E-state index contributed by atoms with van der Waals surface area (Å²) >= 11 is 0. The van der Waals surface area contributed by atoms with Crippen molar-refractivity contribution < 1.29 is 13.2 Å². The molecule has 0 spiro atoms. The fourth-order valence-corrected chi connectivity index (χ4v) is 4.13. The first-order valence-corrected chi connectivity index (χ1v) is 11.4. The molecule has 1 heterocycles. The van der Waals surface area contributed by atoms with Gasteiger partial charge in [0.15, 0.2) is 0 Å². The molecular formula is C24H27N3O3S. The van der Waals surface area contributed by atoms with Crippen LogP contribution in [0, 0.1) is 34.6 Å². The van der Waals surface area contributed by atoms with E-state index in [-0.39, 0.29) is 10.8 Å². The average Bonchev–Trinajstić information content (AvgIpc) is 2.97. The molecule has 2 aromatic carbocycles. The number of aromatic nitrogens is 1. The summed E-state index contributed by atoms with van der Waals surface area (Å²) in [5, 5.41) is 8.00. The summed E-state index contributed by atoms with van der Waals surface area (Å²) in [6.45, 7) is 9.67. The third-order valence-corrected chi connectivity index (χ3v) is 6.30. The van der Waals surface area contributed by atoms with Gasteiger partial charge in [0, 0.05) is 28.8 Å². The Morgan fingerprint density at radius 3 is 2.26 bits per heavy atom. The maximum atomic E-state index is 12.5. The number of hydrogen-bond donors (Lipinski definition) is 2. The van der Waals surface area contributed by atoms with Crippen LogP contribution in [0.25, 0.3) is 11.8 Å². The van der Waals surface area contributed by atoms with Gasteiger partial charge in [-0.3, -0.25) is 4.79 Å². The van der Waals surface area contributed by atoms with Gasteiger partial charge in [-0.25, -0.2) is 13.6 Å². The lowest BCUT2D eigenvalue weighted by atomic mass is 10.1. The molecule has 31 heavy (non-hydrogen) atoms. The summed E-state index contributed by atoms with van der Waals surface area (Å²) in [5.41, 5.74) is 7.21. The van der Waals surface area contributed by atoms with E-state index < -0.39 is 10.0 Å². The lowest BCUT2D eigenvalue weighted by Crippen LogP contribution is -2.15. The molecule has 1 amide bonds. The van der Waals surface area contributed by atoms with Crippen LogP contribution in [0.2, 0.25) is 0 Å².